The zero-order valence-corrected chi connectivity index (χ0v) is 7.76. The number of Topliss-reactive ketones (excluding diaryl/α,β-unsaturated/α-hetero) is 1. The summed E-state index contributed by atoms with van der Waals surface area (Å²) >= 11 is 0. The Morgan fingerprint density at radius 3 is 2.85 bits per heavy atom. The van der Waals surface area contributed by atoms with Crippen LogP contribution in [0.25, 0.3) is 0 Å². The van der Waals surface area contributed by atoms with Crippen LogP contribution in [0.4, 0.5) is 5.69 Å². The summed E-state index contributed by atoms with van der Waals surface area (Å²) in [7, 11) is 0. The molecule has 1 aliphatic rings. The number of benzene rings is 1. The van der Waals surface area contributed by atoms with Crippen molar-refractivity contribution in [3.63, 3.8) is 0 Å². The Balaban J connectivity index is 2.54. The van der Waals surface area contributed by atoms with Gasteiger partial charge < -0.3 is 5.73 Å². The van der Waals surface area contributed by atoms with Gasteiger partial charge in [-0.25, -0.2) is 0 Å². The lowest BCUT2D eigenvalue weighted by molar-refractivity contribution is -0.118. The predicted molar refractivity (Wildman–Crippen MR) is 52.6 cm³/mol. The molecule has 1 aromatic carbocycles. The summed E-state index contributed by atoms with van der Waals surface area (Å²) in [6.07, 6.45) is 2.15. The van der Waals surface area contributed by atoms with Crippen molar-refractivity contribution < 1.29 is 4.79 Å². The normalized spacial score (nSPS) is 15.6. The van der Waals surface area contributed by atoms with Gasteiger partial charge in [-0.3, -0.25) is 4.79 Å². The number of nitrogens with two attached hydrogens (primary N) is 1. The van der Waals surface area contributed by atoms with Crippen LogP contribution in [0, 0.1) is 6.92 Å². The molecule has 0 radical (unpaired) electrons. The minimum Gasteiger partial charge on any atom is -0.399 e. The van der Waals surface area contributed by atoms with E-state index in [0.29, 0.717) is 18.6 Å². The van der Waals surface area contributed by atoms with E-state index in [2.05, 4.69) is 0 Å². The third-order valence-corrected chi connectivity index (χ3v) is 2.78. The number of fused-ring (bicyclic) bond motifs is 1. The average molecular weight is 175 g/mol. The van der Waals surface area contributed by atoms with E-state index in [1.165, 1.54) is 5.56 Å². The van der Waals surface area contributed by atoms with Crippen LogP contribution in [0.15, 0.2) is 12.1 Å². The number of aryl methyl sites for hydroxylation is 1. The Hall–Kier alpha value is -1.31. The summed E-state index contributed by atoms with van der Waals surface area (Å²) in [5.41, 5.74) is 10.1. The third-order valence-electron chi connectivity index (χ3n) is 2.78. The highest BCUT2D eigenvalue weighted by Gasteiger charge is 2.17. The largest absolute Gasteiger partial charge is 0.399 e. The first-order valence-electron chi connectivity index (χ1n) is 4.57. The number of carbonyl (C=O) groups excluding carboxylic acids is 1. The van der Waals surface area contributed by atoms with Gasteiger partial charge in [0, 0.05) is 18.5 Å². The van der Waals surface area contributed by atoms with E-state index in [4.69, 9.17) is 5.73 Å². The van der Waals surface area contributed by atoms with E-state index in [1.54, 1.807) is 0 Å². The summed E-state index contributed by atoms with van der Waals surface area (Å²) in [6.45, 7) is 1.99. The maximum atomic E-state index is 11.2. The van der Waals surface area contributed by atoms with E-state index < -0.39 is 0 Å². The standard InChI is InChI=1S/C11H13NO/c1-7-10-6-9(13)4-2-8(10)3-5-11(7)12/h3,5H,2,4,6,12H2,1H3. The number of carbonyl (C=O) groups is 1. The molecule has 0 amide bonds. The zero-order valence-electron chi connectivity index (χ0n) is 7.76. The second kappa shape index (κ2) is 2.87. The zero-order chi connectivity index (χ0) is 9.42. The van der Waals surface area contributed by atoms with Crippen LogP contribution in [0.1, 0.15) is 23.1 Å². The Morgan fingerprint density at radius 2 is 2.08 bits per heavy atom. The molecular formula is C11H13NO. The number of nitrogen functional groups attached to an aromatic ring is 1. The Kier molecular flexibility index (Phi) is 1.83. The molecule has 0 aliphatic heterocycles. The molecule has 0 fully saturated rings. The lowest BCUT2D eigenvalue weighted by atomic mass is 9.87. The molecule has 1 aromatic rings. The van der Waals surface area contributed by atoms with Gasteiger partial charge in [-0.2, -0.15) is 0 Å². The Labute approximate surface area is 77.8 Å². The summed E-state index contributed by atoms with van der Waals surface area (Å²) in [6, 6.07) is 3.98. The van der Waals surface area contributed by atoms with Gasteiger partial charge in [-0.1, -0.05) is 6.07 Å². The van der Waals surface area contributed by atoms with Gasteiger partial charge in [-0.05, 0) is 36.1 Å². The van der Waals surface area contributed by atoms with Crippen LogP contribution in [0.3, 0.4) is 0 Å². The van der Waals surface area contributed by atoms with Gasteiger partial charge in [0.05, 0.1) is 0 Å². The summed E-state index contributed by atoms with van der Waals surface area (Å²) in [5, 5.41) is 0. The fraction of sp³-hybridized carbons (Fsp3) is 0.364. The number of ketones is 1. The second-order valence-electron chi connectivity index (χ2n) is 3.63. The van der Waals surface area contributed by atoms with Crippen molar-refractivity contribution in [2.75, 3.05) is 5.73 Å². The molecule has 2 heteroatoms. The first-order valence-corrected chi connectivity index (χ1v) is 4.57. The quantitative estimate of drug-likeness (QED) is 0.609. The van der Waals surface area contributed by atoms with Crippen molar-refractivity contribution in [3.05, 3.63) is 28.8 Å². The van der Waals surface area contributed by atoms with E-state index in [9.17, 15) is 4.79 Å². The molecule has 0 atom stereocenters. The number of hydrogen-bond acceptors (Lipinski definition) is 2. The predicted octanol–water partition coefficient (Wildman–Crippen LogP) is 1.64. The molecule has 2 rings (SSSR count). The lowest BCUT2D eigenvalue weighted by Gasteiger charge is -2.18. The number of hydrogen-bond donors (Lipinski definition) is 1. The average Bonchev–Trinajstić information content (AvgIpc) is 2.12. The molecule has 2 N–H and O–H groups in total. The molecule has 0 aromatic heterocycles. The van der Waals surface area contributed by atoms with Crippen molar-refractivity contribution >= 4 is 11.5 Å². The highest BCUT2D eigenvalue weighted by molar-refractivity contribution is 5.84. The summed E-state index contributed by atoms with van der Waals surface area (Å²) in [5.74, 6) is 0.334. The molecule has 2 nitrogen and oxygen atoms in total. The molecule has 68 valence electrons. The minimum atomic E-state index is 0.334. The number of rotatable bonds is 0. The van der Waals surface area contributed by atoms with E-state index >= 15 is 0 Å². The van der Waals surface area contributed by atoms with Gasteiger partial charge in [0.15, 0.2) is 0 Å². The van der Waals surface area contributed by atoms with Crippen molar-refractivity contribution in [3.8, 4) is 0 Å². The fourth-order valence-corrected chi connectivity index (χ4v) is 1.87. The molecule has 13 heavy (non-hydrogen) atoms. The minimum absolute atomic E-state index is 0.334. The van der Waals surface area contributed by atoms with Crippen molar-refractivity contribution in [2.45, 2.75) is 26.2 Å². The molecule has 1 aliphatic carbocycles. The first kappa shape index (κ1) is 8.30. The van der Waals surface area contributed by atoms with Crippen molar-refractivity contribution in [1.82, 2.24) is 0 Å². The second-order valence-corrected chi connectivity index (χ2v) is 3.63. The lowest BCUT2D eigenvalue weighted by Crippen LogP contribution is -2.15. The maximum absolute atomic E-state index is 11.2. The van der Waals surface area contributed by atoms with Gasteiger partial charge in [0.2, 0.25) is 0 Å². The van der Waals surface area contributed by atoms with E-state index in [1.807, 2.05) is 19.1 Å². The highest BCUT2D eigenvalue weighted by atomic mass is 16.1. The molecular weight excluding hydrogens is 162 g/mol. The van der Waals surface area contributed by atoms with Gasteiger partial charge in [0.25, 0.3) is 0 Å². The SMILES string of the molecule is Cc1c(N)ccc2c1CC(=O)CC2. The highest BCUT2D eigenvalue weighted by Crippen LogP contribution is 2.25. The topological polar surface area (TPSA) is 43.1 Å². The third kappa shape index (κ3) is 1.32. The van der Waals surface area contributed by atoms with Crippen LogP contribution in [-0.2, 0) is 17.6 Å². The fourth-order valence-electron chi connectivity index (χ4n) is 1.87. The number of anilines is 1. The van der Waals surface area contributed by atoms with Crippen LogP contribution in [-0.4, -0.2) is 5.78 Å². The Bertz CT molecular complexity index is 369. The van der Waals surface area contributed by atoms with Gasteiger partial charge in [-0.15, -0.1) is 0 Å². The summed E-state index contributed by atoms with van der Waals surface area (Å²) < 4.78 is 0. The molecule has 0 bridgehead atoms. The Morgan fingerprint density at radius 1 is 1.31 bits per heavy atom. The smallest absolute Gasteiger partial charge is 0.137 e. The van der Waals surface area contributed by atoms with Crippen LogP contribution < -0.4 is 5.73 Å². The van der Waals surface area contributed by atoms with E-state index in [-0.39, 0.29) is 0 Å². The monoisotopic (exact) mass is 175 g/mol. The van der Waals surface area contributed by atoms with Crippen molar-refractivity contribution in [2.24, 2.45) is 0 Å². The van der Waals surface area contributed by atoms with Crippen molar-refractivity contribution in [1.29, 1.82) is 0 Å². The van der Waals surface area contributed by atoms with Gasteiger partial charge >= 0.3 is 0 Å². The first-order chi connectivity index (χ1) is 6.18. The molecule has 0 saturated carbocycles. The van der Waals surface area contributed by atoms with Crippen LogP contribution in [0.5, 0.6) is 0 Å². The van der Waals surface area contributed by atoms with Crippen LogP contribution in [0.2, 0.25) is 0 Å². The van der Waals surface area contributed by atoms with E-state index in [0.717, 1.165) is 23.2 Å². The van der Waals surface area contributed by atoms with Gasteiger partial charge in [0.1, 0.15) is 5.78 Å². The molecule has 0 heterocycles. The summed E-state index contributed by atoms with van der Waals surface area (Å²) in [4.78, 5) is 11.2. The molecule has 0 saturated heterocycles. The maximum Gasteiger partial charge on any atom is 0.137 e. The van der Waals surface area contributed by atoms with Crippen LogP contribution >= 0.6 is 0 Å². The molecule has 0 spiro atoms. The molecule has 0 unspecified atom stereocenters.